The van der Waals surface area contributed by atoms with Crippen molar-refractivity contribution in [1.29, 1.82) is 0 Å². The molecule has 4 rings (SSSR count). The molecule has 1 aliphatic carbocycles. The maximum atomic E-state index is 13.6. The van der Waals surface area contributed by atoms with Gasteiger partial charge in [0.15, 0.2) is 0 Å². The zero-order valence-corrected chi connectivity index (χ0v) is 17.9. The largest absolute Gasteiger partial charge is 0.361 e. The lowest BCUT2D eigenvalue weighted by Gasteiger charge is -2.27. The summed E-state index contributed by atoms with van der Waals surface area (Å²) < 4.78 is 7.52. The van der Waals surface area contributed by atoms with Gasteiger partial charge in [0.2, 0.25) is 5.91 Å². The fraction of sp³-hybridized carbons (Fsp3) is 0.458. The Morgan fingerprint density at radius 2 is 1.87 bits per heavy atom. The minimum atomic E-state index is 0.0908. The number of carbonyl (C=O) groups is 1. The van der Waals surface area contributed by atoms with Crippen LogP contribution in [0.4, 0.5) is 0 Å². The van der Waals surface area contributed by atoms with Crippen LogP contribution in [0.3, 0.4) is 0 Å². The number of rotatable bonds is 6. The smallest absolute Gasteiger partial charge is 0.226 e. The van der Waals surface area contributed by atoms with Gasteiger partial charge in [-0.05, 0) is 19.8 Å². The topological polar surface area (TPSA) is 64.2 Å². The summed E-state index contributed by atoms with van der Waals surface area (Å²) in [5.74, 6) is 1.95. The molecule has 0 saturated heterocycles. The fourth-order valence-corrected chi connectivity index (χ4v) is 4.31. The molecule has 0 spiro atoms. The molecule has 2 aromatic heterocycles. The minimum absolute atomic E-state index is 0.0908. The summed E-state index contributed by atoms with van der Waals surface area (Å²) in [6, 6.07) is 10.0. The normalized spacial score (nSPS) is 15.1. The fourth-order valence-electron chi connectivity index (χ4n) is 4.31. The Bertz CT molecular complexity index is 968. The number of imidazole rings is 1. The van der Waals surface area contributed by atoms with E-state index < -0.39 is 0 Å². The summed E-state index contributed by atoms with van der Waals surface area (Å²) in [6.45, 7) is 2.88. The summed E-state index contributed by atoms with van der Waals surface area (Å²) in [5.41, 5.74) is 2.78. The van der Waals surface area contributed by atoms with Gasteiger partial charge in [0.25, 0.3) is 0 Å². The Kier molecular flexibility index (Phi) is 6.31. The number of aromatic nitrogens is 3. The van der Waals surface area contributed by atoms with Crippen molar-refractivity contribution in [3.05, 3.63) is 59.9 Å². The first-order valence-corrected chi connectivity index (χ1v) is 10.9. The third-order valence-corrected chi connectivity index (χ3v) is 6.15. The Hall–Kier alpha value is -2.89. The second-order valence-electron chi connectivity index (χ2n) is 8.27. The molecule has 1 aliphatic rings. The second-order valence-corrected chi connectivity index (χ2v) is 8.27. The SMILES string of the molecule is Cc1onc(-c2ccccc2)c1CN(Cc1nccn1C)C(=O)C1CCCCCC1. The van der Waals surface area contributed by atoms with E-state index in [2.05, 4.69) is 10.1 Å². The highest BCUT2D eigenvalue weighted by Gasteiger charge is 2.28. The maximum absolute atomic E-state index is 13.6. The van der Waals surface area contributed by atoms with Crippen LogP contribution in [0, 0.1) is 12.8 Å². The third kappa shape index (κ3) is 4.48. The number of hydrogen-bond donors (Lipinski definition) is 0. The first kappa shape index (κ1) is 20.4. The lowest BCUT2D eigenvalue weighted by atomic mass is 9.98. The van der Waals surface area contributed by atoms with Gasteiger partial charge in [0.1, 0.15) is 17.3 Å². The van der Waals surface area contributed by atoms with Crippen LogP contribution in [0.2, 0.25) is 0 Å². The predicted molar refractivity (Wildman–Crippen MR) is 115 cm³/mol. The van der Waals surface area contributed by atoms with E-state index in [1.54, 1.807) is 6.20 Å². The Balaban J connectivity index is 1.64. The molecular formula is C24H30N4O2. The molecule has 30 heavy (non-hydrogen) atoms. The molecule has 1 aromatic carbocycles. The molecule has 0 aliphatic heterocycles. The van der Waals surface area contributed by atoms with Gasteiger partial charge in [-0.3, -0.25) is 4.79 Å². The highest BCUT2D eigenvalue weighted by atomic mass is 16.5. The van der Waals surface area contributed by atoms with Crippen molar-refractivity contribution in [1.82, 2.24) is 19.6 Å². The standard InChI is InChI=1S/C24H30N4O2/c1-18-21(23(26-30-18)19-10-8-5-9-11-19)16-28(17-22-25-14-15-27(22)2)24(29)20-12-6-3-4-7-13-20/h5,8-11,14-15,20H,3-4,6-7,12-13,16-17H2,1-2H3. The van der Waals surface area contributed by atoms with Crippen LogP contribution in [0.1, 0.15) is 55.7 Å². The van der Waals surface area contributed by atoms with Crippen LogP contribution in [-0.2, 0) is 24.9 Å². The number of amides is 1. The van der Waals surface area contributed by atoms with E-state index in [0.717, 1.165) is 54.1 Å². The zero-order chi connectivity index (χ0) is 20.9. The van der Waals surface area contributed by atoms with E-state index in [9.17, 15) is 4.79 Å². The lowest BCUT2D eigenvalue weighted by molar-refractivity contribution is -0.137. The highest BCUT2D eigenvalue weighted by molar-refractivity contribution is 5.79. The van der Waals surface area contributed by atoms with Crippen LogP contribution in [0.15, 0.2) is 47.2 Å². The number of hydrogen-bond acceptors (Lipinski definition) is 4. The Morgan fingerprint density at radius 3 is 2.53 bits per heavy atom. The Morgan fingerprint density at radius 1 is 1.13 bits per heavy atom. The van der Waals surface area contributed by atoms with E-state index in [-0.39, 0.29) is 11.8 Å². The summed E-state index contributed by atoms with van der Waals surface area (Å²) >= 11 is 0. The molecular weight excluding hydrogens is 376 g/mol. The number of nitrogens with zero attached hydrogens (tertiary/aromatic N) is 4. The van der Waals surface area contributed by atoms with Crippen LogP contribution in [-0.4, -0.2) is 25.5 Å². The molecule has 158 valence electrons. The van der Waals surface area contributed by atoms with E-state index in [4.69, 9.17) is 4.52 Å². The summed E-state index contributed by atoms with van der Waals surface area (Å²) in [6.07, 6.45) is 10.4. The first-order chi connectivity index (χ1) is 14.6. The summed E-state index contributed by atoms with van der Waals surface area (Å²) in [4.78, 5) is 20.0. The summed E-state index contributed by atoms with van der Waals surface area (Å²) in [7, 11) is 1.97. The minimum Gasteiger partial charge on any atom is -0.361 e. The van der Waals surface area contributed by atoms with Crippen molar-refractivity contribution in [3.63, 3.8) is 0 Å². The number of carbonyl (C=O) groups excluding carboxylic acids is 1. The molecule has 1 amide bonds. The van der Waals surface area contributed by atoms with Gasteiger partial charge in [-0.15, -0.1) is 0 Å². The van der Waals surface area contributed by atoms with E-state index >= 15 is 0 Å². The quantitative estimate of drug-likeness (QED) is 0.547. The molecule has 0 radical (unpaired) electrons. The van der Waals surface area contributed by atoms with Crippen LogP contribution in [0.5, 0.6) is 0 Å². The van der Waals surface area contributed by atoms with E-state index in [1.807, 2.05) is 60.0 Å². The lowest BCUT2D eigenvalue weighted by Crippen LogP contribution is -2.36. The molecule has 2 heterocycles. The second kappa shape index (κ2) is 9.28. The van der Waals surface area contributed by atoms with Gasteiger partial charge in [-0.2, -0.15) is 0 Å². The monoisotopic (exact) mass is 406 g/mol. The van der Waals surface area contributed by atoms with Crippen molar-refractivity contribution in [2.45, 2.75) is 58.5 Å². The zero-order valence-electron chi connectivity index (χ0n) is 17.9. The molecule has 6 nitrogen and oxygen atoms in total. The van der Waals surface area contributed by atoms with Gasteiger partial charge in [-0.25, -0.2) is 4.98 Å². The first-order valence-electron chi connectivity index (χ1n) is 10.9. The van der Waals surface area contributed by atoms with Gasteiger partial charge in [0.05, 0.1) is 13.1 Å². The molecule has 1 saturated carbocycles. The van der Waals surface area contributed by atoms with Crippen molar-refractivity contribution in [2.75, 3.05) is 0 Å². The number of benzene rings is 1. The van der Waals surface area contributed by atoms with Gasteiger partial charge in [0, 0.05) is 36.5 Å². The summed E-state index contributed by atoms with van der Waals surface area (Å²) in [5, 5.41) is 4.31. The average molecular weight is 407 g/mol. The molecule has 6 heteroatoms. The van der Waals surface area contributed by atoms with Gasteiger partial charge < -0.3 is 14.0 Å². The van der Waals surface area contributed by atoms with Crippen LogP contribution < -0.4 is 0 Å². The molecule has 1 fully saturated rings. The van der Waals surface area contributed by atoms with Crippen molar-refractivity contribution in [3.8, 4) is 11.3 Å². The average Bonchev–Trinajstić information content (AvgIpc) is 3.21. The molecule has 0 atom stereocenters. The van der Waals surface area contributed by atoms with Crippen molar-refractivity contribution < 1.29 is 9.32 Å². The van der Waals surface area contributed by atoms with Crippen LogP contribution >= 0.6 is 0 Å². The molecule has 0 bridgehead atoms. The predicted octanol–water partition coefficient (Wildman–Crippen LogP) is 4.88. The molecule has 0 N–H and O–H groups in total. The Labute approximate surface area is 177 Å². The van der Waals surface area contributed by atoms with Crippen molar-refractivity contribution in [2.24, 2.45) is 13.0 Å². The maximum Gasteiger partial charge on any atom is 0.226 e. The number of aryl methyl sites for hydroxylation is 2. The molecule has 0 unspecified atom stereocenters. The van der Waals surface area contributed by atoms with E-state index in [1.165, 1.54) is 12.8 Å². The van der Waals surface area contributed by atoms with Crippen molar-refractivity contribution >= 4 is 5.91 Å². The van der Waals surface area contributed by atoms with Crippen LogP contribution in [0.25, 0.3) is 11.3 Å². The highest BCUT2D eigenvalue weighted by Crippen LogP contribution is 2.29. The molecule has 3 aromatic rings. The van der Waals surface area contributed by atoms with Gasteiger partial charge in [-0.1, -0.05) is 61.2 Å². The van der Waals surface area contributed by atoms with Gasteiger partial charge >= 0.3 is 0 Å². The van der Waals surface area contributed by atoms with E-state index in [0.29, 0.717) is 13.1 Å². The third-order valence-electron chi connectivity index (χ3n) is 6.15.